The highest BCUT2D eigenvalue weighted by Gasteiger charge is 2.30. The summed E-state index contributed by atoms with van der Waals surface area (Å²) < 4.78 is 19.8. The largest absolute Gasteiger partial charge is 0.372 e. The number of nitrogens with one attached hydrogen (secondary N) is 1. The van der Waals surface area contributed by atoms with Crippen molar-refractivity contribution in [2.45, 2.75) is 64.3 Å². The number of aromatic nitrogens is 1. The van der Waals surface area contributed by atoms with Crippen LogP contribution in [0.25, 0.3) is 33.9 Å². The maximum atomic E-state index is 12.5. The molecule has 1 aromatic heterocycles. The second-order valence-corrected chi connectivity index (χ2v) is 14.0. The van der Waals surface area contributed by atoms with Gasteiger partial charge in [0.15, 0.2) is 11.2 Å². The van der Waals surface area contributed by atoms with Crippen molar-refractivity contribution in [1.82, 2.24) is 18.5 Å². The molecular weight excluding hydrogens is 566 g/mol. The molecule has 0 spiro atoms. The van der Waals surface area contributed by atoms with Crippen LogP contribution in [0.15, 0.2) is 66.9 Å². The SMILES string of the molecule is C=C(NS(=O)N(C)C)c1ccc2c(C3CCCCC3)c3n(c2c1)CC(C(=C)N1CCCC(C)C1)=Cc1ccccc1-3.NC=O. The molecule has 1 amide bonds. The lowest BCUT2D eigenvalue weighted by atomic mass is 9.81. The summed E-state index contributed by atoms with van der Waals surface area (Å²) in [4.78, 5) is 11.1. The normalized spacial score (nSPS) is 19.1. The van der Waals surface area contributed by atoms with Gasteiger partial charge in [0.05, 0.1) is 12.2 Å². The number of benzene rings is 2. The van der Waals surface area contributed by atoms with Crippen LogP contribution in [0.4, 0.5) is 0 Å². The molecule has 7 nitrogen and oxygen atoms in total. The van der Waals surface area contributed by atoms with Crippen LogP contribution in [0, 0.1) is 5.92 Å². The van der Waals surface area contributed by atoms with E-state index < -0.39 is 11.2 Å². The van der Waals surface area contributed by atoms with E-state index in [1.807, 2.05) is 0 Å². The van der Waals surface area contributed by atoms with E-state index in [1.54, 1.807) is 18.4 Å². The zero-order valence-corrected chi connectivity index (χ0v) is 27.3. The smallest absolute Gasteiger partial charge is 0.204 e. The molecule has 3 aromatic rings. The minimum Gasteiger partial charge on any atom is -0.372 e. The van der Waals surface area contributed by atoms with Crippen LogP contribution in [0.1, 0.15) is 74.5 Å². The van der Waals surface area contributed by atoms with Gasteiger partial charge in [0.1, 0.15) is 0 Å². The van der Waals surface area contributed by atoms with Crippen LogP contribution in [0.2, 0.25) is 0 Å². The number of hydrogen-bond acceptors (Lipinski definition) is 3. The number of amides is 1. The van der Waals surface area contributed by atoms with E-state index in [1.165, 1.54) is 83.8 Å². The highest BCUT2D eigenvalue weighted by Crippen LogP contribution is 2.47. The summed E-state index contributed by atoms with van der Waals surface area (Å²) in [6.45, 7) is 14.2. The Bertz CT molecular complexity index is 1600. The first-order valence-corrected chi connectivity index (χ1v) is 16.9. The van der Waals surface area contributed by atoms with Crippen molar-refractivity contribution in [3.63, 3.8) is 0 Å². The van der Waals surface area contributed by atoms with Crippen LogP contribution in [0.3, 0.4) is 0 Å². The first-order valence-electron chi connectivity index (χ1n) is 15.8. The lowest BCUT2D eigenvalue weighted by Crippen LogP contribution is -2.34. The monoisotopic (exact) mass is 613 g/mol. The number of carbonyl (C=O) groups is 1. The van der Waals surface area contributed by atoms with Gasteiger partial charge >= 0.3 is 0 Å². The minimum absolute atomic E-state index is 0.250. The molecule has 8 heteroatoms. The predicted molar refractivity (Wildman–Crippen MR) is 185 cm³/mol. The molecule has 2 atom stereocenters. The molecule has 44 heavy (non-hydrogen) atoms. The molecule has 2 aliphatic heterocycles. The number of likely N-dealkylation sites (tertiary alicyclic amines) is 1. The molecule has 1 aliphatic carbocycles. The molecule has 2 unspecified atom stereocenters. The van der Waals surface area contributed by atoms with Gasteiger partial charge in [-0.3, -0.25) is 9.52 Å². The first kappa shape index (κ1) is 31.8. The van der Waals surface area contributed by atoms with Crippen molar-refractivity contribution in [2.75, 3.05) is 27.2 Å². The maximum absolute atomic E-state index is 12.5. The Kier molecular flexibility index (Phi) is 10.1. The second-order valence-electron chi connectivity index (χ2n) is 12.6. The lowest BCUT2D eigenvalue weighted by molar-refractivity contribution is -0.106. The fraction of sp³-hybridized carbons (Fsp3) is 0.417. The third-order valence-electron chi connectivity index (χ3n) is 9.29. The van der Waals surface area contributed by atoms with Gasteiger partial charge in [-0.05, 0) is 66.4 Å². The number of fused-ring (bicyclic) bond motifs is 5. The highest BCUT2D eigenvalue weighted by atomic mass is 32.2. The Morgan fingerprint density at radius 2 is 1.80 bits per heavy atom. The van der Waals surface area contributed by atoms with E-state index in [2.05, 4.69) is 88.5 Å². The van der Waals surface area contributed by atoms with E-state index in [9.17, 15) is 4.21 Å². The van der Waals surface area contributed by atoms with Crippen LogP contribution in [-0.2, 0) is 22.5 Å². The Labute approximate surface area is 265 Å². The number of carbonyl (C=O) groups excluding carboxylic acids is 1. The van der Waals surface area contributed by atoms with E-state index in [4.69, 9.17) is 4.79 Å². The molecule has 2 aromatic carbocycles. The molecule has 0 bridgehead atoms. The number of allylic oxidation sites excluding steroid dienone is 1. The van der Waals surface area contributed by atoms with Gasteiger partial charge in [-0.25, -0.2) is 8.51 Å². The van der Waals surface area contributed by atoms with Gasteiger partial charge in [0, 0.05) is 60.6 Å². The number of primary amides is 1. The van der Waals surface area contributed by atoms with Gasteiger partial charge in [-0.2, -0.15) is 0 Å². The zero-order valence-electron chi connectivity index (χ0n) is 26.5. The fourth-order valence-electron chi connectivity index (χ4n) is 7.13. The van der Waals surface area contributed by atoms with Crippen molar-refractivity contribution in [3.8, 4) is 11.3 Å². The van der Waals surface area contributed by atoms with E-state index in [-0.39, 0.29) is 6.41 Å². The summed E-state index contributed by atoms with van der Waals surface area (Å²) in [7, 11) is 3.59. The van der Waals surface area contributed by atoms with Gasteiger partial charge in [0.2, 0.25) is 6.41 Å². The van der Waals surface area contributed by atoms with Gasteiger partial charge in [0.25, 0.3) is 0 Å². The molecule has 1 saturated heterocycles. The number of nitrogens with zero attached hydrogens (tertiary/aromatic N) is 3. The van der Waals surface area contributed by atoms with Crippen molar-refractivity contribution < 1.29 is 9.00 Å². The second kappa shape index (κ2) is 14.0. The number of piperidine rings is 1. The molecule has 234 valence electrons. The molecule has 3 aliphatic rings. The molecule has 0 radical (unpaired) electrons. The van der Waals surface area contributed by atoms with Crippen molar-refractivity contribution in [3.05, 3.63) is 83.6 Å². The lowest BCUT2D eigenvalue weighted by Gasteiger charge is -2.35. The Morgan fingerprint density at radius 1 is 1.07 bits per heavy atom. The summed E-state index contributed by atoms with van der Waals surface area (Å²) in [5, 5.41) is 1.34. The van der Waals surface area contributed by atoms with Crippen molar-refractivity contribution in [2.24, 2.45) is 11.7 Å². The minimum atomic E-state index is -1.34. The van der Waals surface area contributed by atoms with Crippen molar-refractivity contribution >= 4 is 40.3 Å². The van der Waals surface area contributed by atoms with Gasteiger partial charge < -0.3 is 15.2 Å². The molecule has 1 saturated carbocycles. The molecule has 6 rings (SSSR count). The third-order valence-corrected chi connectivity index (χ3v) is 10.4. The Morgan fingerprint density at radius 3 is 2.50 bits per heavy atom. The summed E-state index contributed by atoms with van der Waals surface area (Å²) >= 11 is -1.34. The first-order chi connectivity index (χ1) is 21.2. The highest BCUT2D eigenvalue weighted by molar-refractivity contribution is 7.80. The third kappa shape index (κ3) is 6.57. The standard InChI is InChI=1S/C35H44N4OS.CH3NO/c1-24-12-11-19-38(22-24)26(3)30-20-29-15-9-10-16-31(29)35-34(27-13-7-6-8-14-27)32-18-17-28(21-33(32)39(35)23-30)25(2)36-41(40)37(4)5;2-1-3/h9-10,15-18,20-21,24,27,36H,2-3,6-8,11-14,19,22-23H2,1,4-5H3;1H,(H2,2,3). The van der Waals surface area contributed by atoms with Gasteiger partial charge in [-0.1, -0.05) is 75.7 Å². The average Bonchev–Trinajstić information content (AvgIpc) is 3.23. The summed E-state index contributed by atoms with van der Waals surface area (Å²) in [5.41, 5.74) is 14.9. The van der Waals surface area contributed by atoms with Crippen molar-refractivity contribution in [1.29, 1.82) is 0 Å². The molecule has 3 heterocycles. The summed E-state index contributed by atoms with van der Waals surface area (Å²) in [6.07, 6.45) is 11.6. The average molecular weight is 614 g/mol. The number of rotatable bonds is 7. The predicted octanol–water partition coefficient (Wildman–Crippen LogP) is 6.80. The quantitative estimate of drug-likeness (QED) is 0.288. The molecule has 2 fully saturated rings. The Balaban J connectivity index is 0.00000123. The maximum Gasteiger partial charge on any atom is 0.204 e. The number of nitrogens with two attached hydrogens (primary N) is 1. The van der Waals surface area contributed by atoms with Gasteiger partial charge in [-0.15, -0.1) is 0 Å². The number of hydrogen-bond donors (Lipinski definition) is 2. The van der Waals surface area contributed by atoms with E-state index in [0.29, 0.717) is 17.5 Å². The van der Waals surface area contributed by atoms with E-state index in [0.717, 1.165) is 30.9 Å². The van der Waals surface area contributed by atoms with Crippen LogP contribution < -0.4 is 10.5 Å². The van der Waals surface area contributed by atoms with E-state index >= 15 is 0 Å². The van der Waals surface area contributed by atoms with Crippen LogP contribution in [0.5, 0.6) is 0 Å². The molecule has 3 N–H and O–H groups in total. The fourth-order valence-corrected chi connectivity index (χ4v) is 7.64. The zero-order chi connectivity index (χ0) is 31.4. The summed E-state index contributed by atoms with van der Waals surface area (Å²) in [6, 6.07) is 15.6. The van der Waals surface area contributed by atoms with Crippen LogP contribution >= 0.6 is 0 Å². The topological polar surface area (TPSA) is 83.6 Å². The summed E-state index contributed by atoms with van der Waals surface area (Å²) in [5.74, 6) is 1.24. The Hall–Kier alpha value is -3.62. The molecular formula is C36H47N5O2S. The van der Waals surface area contributed by atoms with Crippen LogP contribution in [-0.4, -0.2) is 51.6 Å².